The van der Waals surface area contributed by atoms with Gasteiger partial charge in [-0.1, -0.05) is 30.3 Å². The number of rotatable bonds is 8. The first kappa shape index (κ1) is 18.3. The number of ether oxygens (including phenoxy) is 1. The predicted molar refractivity (Wildman–Crippen MR) is 92.5 cm³/mol. The maximum absolute atomic E-state index is 11.5. The lowest BCUT2D eigenvalue weighted by molar-refractivity contribution is 0.0692. The van der Waals surface area contributed by atoms with Gasteiger partial charge in [-0.05, 0) is 12.0 Å². The Kier molecular flexibility index (Phi) is 6.60. The molecule has 0 bridgehead atoms. The van der Waals surface area contributed by atoms with E-state index in [1.54, 1.807) is 6.07 Å². The highest BCUT2D eigenvalue weighted by Gasteiger charge is 2.21. The van der Waals surface area contributed by atoms with Crippen LogP contribution in [0.15, 0.2) is 47.5 Å². The van der Waals surface area contributed by atoms with Crippen molar-refractivity contribution in [2.24, 2.45) is 5.73 Å². The van der Waals surface area contributed by atoms with Gasteiger partial charge in [0.1, 0.15) is 0 Å². The van der Waals surface area contributed by atoms with Gasteiger partial charge in [-0.15, -0.1) is 11.8 Å². The minimum atomic E-state index is -1.05. The molecule has 0 saturated carbocycles. The van der Waals surface area contributed by atoms with E-state index in [0.717, 1.165) is 5.56 Å². The Morgan fingerprint density at radius 2 is 2.08 bits per heavy atom. The smallest absolute Gasteiger partial charge is 0.338 e. The molecule has 0 spiro atoms. The summed E-state index contributed by atoms with van der Waals surface area (Å²) in [5, 5.41) is 18.5. The lowest BCUT2D eigenvalue weighted by atomic mass is 10.1. The monoisotopic (exact) mass is 348 g/mol. The topological polar surface area (TPSA) is 106 Å². The highest BCUT2D eigenvalue weighted by molar-refractivity contribution is 7.99. The molecule has 2 atom stereocenters. The van der Waals surface area contributed by atoms with E-state index in [0.29, 0.717) is 17.2 Å². The number of carbonyl (C=O) groups is 1. The normalized spacial score (nSPS) is 13.3. The van der Waals surface area contributed by atoms with Crippen LogP contribution in [-0.2, 0) is 0 Å². The maximum atomic E-state index is 11.5. The SMILES string of the molecule is COc1cc(SC(CC(N)CO)c2ccccc2)c(C(=O)O)cn1. The Hall–Kier alpha value is -2.09. The third kappa shape index (κ3) is 4.70. The molecule has 0 aliphatic rings. The first-order chi connectivity index (χ1) is 11.5. The molecule has 2 rings (SSSR count). The van der Waals surface area contributed by atoms with Crippen molar-refractivity contribution in [1.82, 2.24) is 4.98 Å². The summed E-state index contributed by atoms with van der Waals surface area (Å²) in [5.41, 5.74) is 7.03. The van der Waals surface area contributed by atoms with Crippen molar-refractivity contribution < 1.29 is 19.7 Å². The molecule has 0 amide bonds. The molecule has 2 unspecified atom stereocenters. The summed E-state index contributed by atoms with van der Waals surface area (Å²) >= 11 is 1.38. The van der Waals surface area contributed by atoms with Crippen molar-refractivity contribution in [2.45, 2.75) is 22.6 Å². The molecule has 1 heterocycles. The largest absolute Gasteiger partial charge is 0.481 e. The van der Waals surface area contributed by atoms with Crippen LogP contribution in [0.2, 0.25) is 0 Å². The maximum Gasteiger partial charge on any atom is 0.338 e. The fourth-order valence-corrected chi connectivity index (χ4v) is 3.59. The van der Waals surface area contributed by atoms with Crippen LogP contribution < -0.4 is 10.5 Å². The Balaban J connectivity index is 2.36. The number of benzene rings is 1. The molecular weight excluding hydrogens is 328 g/mol. The van der Waals surface area contributed by atoms with Gasteiger partial charge in [-0.25, -0.2) is 9.78 Å². The van der Waals surface area contributed by atoms with Crippen molar-refractivity contribution in [3.05, 3.63) is 53.7 Å². The second kappa shape index (κ2) is 8.68. The lowest BCUT2D eigenvalue weighted by Gasteiger charge is -2.21. The first-order valence-electron chi connectivity index (χ1n) is 7.40. The Labute approximate surface area is 144 Å². The van der Waals surface area contributed by atoms with E-state index >= 15 is 0 Å². The standard InChI is InChI=1S/C17H20N2O4S/c1-23-16-8-15(13(9-19-16)17(21)22)24-14(7-12(18)10-20)11-5-3-2-4-6-11/h2-6,8-9,12,14,20H,7,10,18H2,1H3,(H,21,22). The number of nitrogens with two attached hydrogens (primary N) is 1. The van der Waals surface area contributed by atoms with E-state index in [9.17, 15) is 15.0 Å². The molecule has 24 heavy (non-hydrogen) atoms. The van der Waals surface area contributed by atoms with E-state index in [1.165, 1.54) is 25.1 Å². The number of pyridine rings is 1. The number of hydrogen-bond donors (Lipinski definition) is 3. The van der Waals surface area contributed by atoms with Crippen LogP contribution in [0, 0.1) is 0 Å². The number of carboxylic acids is 1. The van der Waals surface area contributed by atoms with E-state index in [1.807, 2.05) is 30.3 Å². The first-order valence-corrected chi connectivity index (χ1v) is 8.28. The number of aliphatic hydroxyl groups is 1. The number of carboxylic acid groups (broad SMARTS) is 1. The molecule has 4 N–H and O–H groups in total. The highest BCUT2D eigenvalue weighted by atomic mass is 32.2. The number of nitrogens with zero attached hydrogens (tertiary/aromatic N) is 1. The third-order valence-corrected chi connectivity index (χ3v) is 4.81. The number of hydrogen-bond acceptors (Lipinski definition) is 6. The van der Waals surface area contributed by atoms with Crippen molar-refractivity contribution in [2.75, 3.05) is 13.7 Å². The summed E-state index contributed by atoms with van der Waals surface area (Å²) < 4.78 is 5.10. The van der Waals surface area contributed by atoms with E-state index < -0.39 is 5.97 Å². The average Bonchev–Trinajstić information content (AvgIpc) is 2.61. The Bertz CT molecular complexity index is 682. The summed E-state index contributed by atoms with van der Waals surface area (Å²) in [6.07, 6.45) is 1.80. The second-order valence-electron chi connectivity index (χ2n) is 5.22. The van der Waals surface area contributed by atoms with Crippen LogP contribution in [0.25, 0.3) is 0 Å². The van der Waals surface area contributed by atoms with E-state index in [2.05, 4.69) is 4.98 Å². The van der Waals surface area contributed by atoms with Crippen LogP contribution in [0.4, 0.5) is 0 Å². The number of aliphatic hydroxyl groups excluding tert-OH is 1. The molecule has 0 aliphatic heterocycles. The van der Waals surface area contributed by atoms with Gasteiger partial charge >= 0.3 is 5.97 Å². The summed E-state index contributed by atoms with van der Waals surface area (Å²) in [7, 11) is 1.48. The molecule has 128 valence electrons. The number of methoxy groups -OCH3 is 1. The minimum absolute atomic E-state index is 0.0986. The van der Waals surface area contributed by atoms with Gasteiger partial charge in [0.05, 0.1) is 19.3 Å². The molecule has 1 aromatic carbocycles. The fourth-order valence-electron chi connectivity index (χ4n) is 2.21. The van der Waals surface area contributed by atoms with Crippen LogP contribution in [0.1, 0.15) is 27.6 Å². The van der Waals surface area contributed by atoms with Gasteiger partial charge in [0.15, 0.2) is 0 Å². The molecule has 0 aliphatic carbocycles. The van der Waals surface area contributed by atoms with Crippen molar-refractivity contribution in [1.29, 1.82) is 0 Å². The van der Waals surface area contributed by atoms with E-state index in [4.69, 9.17) is 10.5 Å². The van der Waals surface area contributed by atoms with E-state index in [-0.39, 0.29) is 23.5 Å². The summed E-state index contributed by atoms with van der Waals surface area (Å²) in [4.78, 5) is 16.0. The lowest BCUT2D eigenvalue weighted by Crippen LogP contribution is -2.26. The Morgan fingerprint density at radius 1 is 1.38 bits per heavy atom. The van der Waals surface area contributed by atoms with Gasteiger partial charge in [0, 0.05) is 28.5 Å². The quantitative estimate of drug-likeness (QED) is 0.629. The van der Waals surface area contributed by atoms with Crippen LogP contribution in [0.3, 0.4) is 0 Å². The van der Waals surface area contributed by atoms with Crippen LogP contribution >= 0.6 is 11.8 Å². The van der Waals surface area contributed by atoms with Gasteiger partial charge in [-0.3, -0.25) is 0 Å². The average molecular weight is 348 g/mol. The zero-order valence-corrected chi connectivity index (χ0v) is 14.1. The molecule has 0 fully saturated rings. The van der Waals surface area contributed by atoms with Crippen molar-refractivity contribution in [3.8, 4) is 5.88 Å². The zero-order valence-electron chi connectivity index (χ0n) is 13.3. The summed E-state index contributed by atoms with van der Waals surface area (Å²) in [5.74, 6) is -0.702. The number of aromatic nitrogens is 1. The molecule has 0 radical (unpaired) electrons. The zero-order chi connectivity index (χ0) is 17.5. The summed E-state index contributed by atoms with van der Waals surface area (Å²) in [6.45, 7) is -0.130. The molecule has 1 aromatic heterocycles. The minimum Gasteiger partial charge on any atom is -0.481 e. The fraction of sp³-hybridized carbons (Fsp3) is 0.294. The molecule has 6 nitrogen and oxygen atoms in total. The van der Waals surface area contributed by atoms with Crippen molar-refractivity contribution >= 4 is 17.7 Å². The highest BCUT2D eigenvalue weighted by Crippen LogP contribution is 2.40. The predicted octanol–water partition coefficient (Wildman–Crippen LogP) is 2.33. The van der Waals surface area contributed by atoms with Gasteiger partial charge in [0.2, 0.25) is 5.88 Å². The Morgan fingerprint density at radius 3 is 2.67 bits per heavy atom. The van der Waals surface area contributed by atoms with Crippen molar-refractivity contribution in [3.63, 3.8) is 0 Å². The van der Waals surface area contributed by atoms with Gasteiger partial charge < -0.3 is 20.7 Å². The number of aromatic carboxylic acids is 1. The van der Waals surface area contributed by atoms with Gasteiger partial charge in [-0.2, -0.15) is 0 Å². The molecule has 7 heteroatoms. The third-order valence-electron chi connectivity index (χ3n) is 3.47. The molecule has 2 aromatic rings. The second-order valence-corrected chi connectivity index (χ2v) is 6.47. The molecular formula is C17H20N2O4S. The van der Waals surface area contributed by atoms with Crippen LogP contribution in [-0.4, -0.2) is 40.9 Å². The molecule has 0 saturated heterocycles. The summed E-state index contributed by atoms with van der Waals surface area (Å²) in [6, 6.07) is 10.9. The number of thioether (sulfide) groups is 1. The van der Waals surface area contributed by atoms with Gasteiger partial charge in [0.25, 0.3) is 0 Å². The van der Waals surface area contributed by atoms with Crippen LogP contribution in [0.5, 0.6) is 5.88 Å².